The average Bonchev–Trinajstić information content (AvgIpc) is 2.34. The first kappa shape index (κ1) is 17.0. The fraction of sp³-hybridized carbons (Fsp3) is 0.667. The van der Waals surface area contributed by atoms with Gasteiger partial charge in [-0.2, -0.15) is 0 Å². The molecular weight excluding hydrogens is 235 g/mol. The predicted molar refractivity (Wildman–Crippen MR) is 69.9 cm³/mol. The van der Waals surface area contributed by atoms with E-state index < -0.39 is 0 Å². The minimum atomic E-state index is 0. The maximum absolute atomic E-state index is 5.24. The number of hydrogen-bond acceptors (Lipinski definition) is 2. The Morgan fingerprint density at radius 2 is 1.67 bits per heavy atom. The standard InChI is InChI=1S/C9H18N4.2ClH/c1-7-3-4-8(2)13(7)6-5-12-9(10)11;;/h3-4,7-8H,5-6H2,1-2H3,(H4,10,11,12);2*1H/t7-,8?;;/m1../s1. The molecule has 90 valence electrons. The Bertz CT molecular complexity index is 214. The molecule has 4 N–H and O–H groups in total. The van der Waals surface area contributed by atoms with Crippen molar-refractivity contribution in [1.82, 2.24) is 4.90 Å². The maximum Gasteiger partial charge on any atom is 0.185 e. The first-order valence-corrected chi connectivity index (χ1v) is 4.60. The topological polar surface area (TPSA) is 67.6 Å². The molecule has 1 unspecified atom stereocenters. The van der Waals surface area contributed by atoms with E-state index in [1.54, 1.807) is 0 Å². The second kappa shape index (κ2) is 7.79. The summed E-state index contributed by atoms with van der Waals surface area (Å²) in [7, 11) is 0. The molecule has 0 amide bonds. The van der Waals surface area contributed by atoms with Crippen LogP contribution in [0.1, 0.15) is 13.8 Å². The van der Waals surface area contributed by atoms with Gasteiger partial charge in [0, 0.05) is 18.6 Å². The van der Waals surface area contributed by atoms with Crippen molar-refractivity contribution in [2.75, 3.05) is 13.1 Å². The lowest BCUT2D eigenvalue weighted by Gasteiger charge is -2.25. The summed E-state index contributed by atoms with van der Waals surface area (Å²) in [6, 6.07) is 1.01. The Hall–Kier alpha value is -0.450. The third-order valence-electron chi connectivity index (χ3n) is 2.37. The van der Waals surface area contributed by atoms with E-state index in [-0.39, 0.29) is 30.8 Å². The molecule has 1 heterocycles. The van der Waals surface area contributed by atoms with Gasteiger partial charge >= 0.3 is 0 Å². The molecule has 2 atom stereocenters. The molecule has 0 fully saturated rings. The van der Waals surface area contributed by atoms with Crippen LogP contribution >= 0.6 is 24.8 Å². The van der Waals surface area contributed by atoms with E-state index in [0.29, 0.717) is 18.6 Å². The van der Waals surface area contributed by atoms with Crippen molar-refractivity contribution in [1.29, 1.82) is 0 Å². The molecule has 1 rings (SSSR count). The van der Waals surface area contributed by atoms with Gasteiger partial charge in [0.15, 0.2) is 5.96 Å². The lowest BCUT2D eigenvalue weighted by atomic mass is 10.3. The lowest BCUT2D eigenvalue weighted by molar-refractivity contribution is 0.237. The quantitative estimate of drug-likeness (QED) is 0.444. The Kier molecular flexibility index (Phi) is 8.81. The van der Waals surface area contributed by atoms with Crippen LogP contribution in [0.4, 0.5) is 0 Å². The summed E-state index contributed by atoms with van der Waals surface area (Å²) in [5, 5.41) is 0. The number of nitrogens with two attached hydrogens (primary N) is 2. The normalized spacial score (nSPS) is 24.1. The molecule has 0 aliphatic carbocycles. The van der Waals surface area contributed by atoms with E-state index in [2.05, 4.69) is 35.9 Å². The fourth-order valence-corrected chi connectivity index (χ4v) is 1.62. The SMILES string of the molecule is CC1C=C[C@@H](C)N1CCN=C(N)N.Cl.Cl. The van der Waals surface area contributed by atoms with Crippen LogP contribution in [0.2, 0.25) is 0 Å². The van der Waals surface area contributed by atoms with E-state index in [1.165, 1.54) is 0 Å². The molecule has 0 aromatic rings. The smallest absolute Gasteiger partial charge is 0.185 e. The van der Waals surface area contributed by atoms with Gasteiger partial charge in [0.05, 0.1) is 6.54 Å². The first-order chi connectivity index (χ1) is 6.11. The predicted octanol–water partition coefficient (Wildman–Crippen LogP) is 0.752. The summed E-state index contributed by atoms with van der Waals surface area (Å²) in [5.74, 6) is 0.174. The van der Waals surface area contributed by atoms with Crippen molar-refractivity contribution in [2.24, 2.45) is 16.5 Å². The minimum absolute atomic E-state index is 0. The third kappa shape index (κ3) is 5.25. The van der Waals surface area contributed by atoms with E-state index in [4.69, 9.17) is 11.5 Å². The second-order valence-corrected chi connectivity index (χ2v) is 3.41. The van der Waals surface area contributed by atoms with Gasteiger partial charge in [-0.25, -0.2) is 0 Å². The number of aliphatic imine (C=N–C) groups is 1. The van der Waals surface area contributed by atoms with Crippen molar-refractivity contribution < 1.29 is 0 Å². The highest BCUT2D eigenvalue weighted by Gasteiger charge is 2.20. The van der Waals surface area contributed by atoms with E-state index in [9.17, 15) is 0 Å². The molecule has 0 aromatic carbocycles. The Balaban J connectivity index is 0. The number of halogens is 2. The van der Waals surface area contributed by atoms with Gasteiger partial charge in [0.25, 0.3) is 0 Å². The summed E-state index contributed by atoms with van der Waals surface area (Å²) in [6.07, 6.45) is 4.42. The molecule has 1 aliphatic heterocycles. The zero-order valence-electron chi connectivity index (χ0n) is 9.09. The van der Waals surface area contributed by atoms with E-state index in [0.717, 1.165) is 6.54 Å². The average molecular weight is 255 g/mol. The van der Waals surface area contributed by atoms with Gasteiger partial charge in [-0.3, -0.25) is 9.89 Å². The third-order valence-corrected chi connectivity index (χ3v) is 2.37. The molecular formula is C9H20Cl2N4. The number of guanidine groups is 1. The van der Waals surface area contributed by atoms with Crippen molar-refractivity contribution in [3.63, 3.8) is 0 Å². The molecule has 0 radical (unpaired) electrons. The molecule has 15 heavy (non-hydrogen) atoms. The lowest BCUT2D eigenvalue weighted by Crippen LogP contribution is -2.36. The first-order valence-electron chi connectivity index (χ1n) is 4.60. The van der Waals surface area contributed by atoms with Gasteiger partial charge in [0.2, 0.25) is 0 Å². The molecule has 0 aromatic heterocycles. The molecule has 0 bridgehead atoms. The summed E-state index contributed by atoms with van der Waals surface area (Å²) >= 11 is 0. The van der Waals surface area contributed by atoms with Crippen molar-refractivity contribution in [3.05, 3.63) is 12.2 Å². The van der Waals surface area contributed by atoms with Gasteiger partial charge in [0.1, 0.15) is 0 Å². The molecule has 0 saturated carbocycles. The molecule has 0 spiro atoms. The van der Waals surface area contributed by atoms with Gasteiger partial charge in [-0.05, 0) is 13.8 Å². The van der Waals surface area contributed by atoms with Crippen LogP contribution in [0, 0.1) is 0 Å². The van der Waals surface area contributed by atoms with Gasteiger partial charge < -0.3 is 11.5 Å². The Morgan fingerprint density at radius 1 is 1.20 bits per heavy atom. The fourth-order valence-electron chi connectivity index (χ4n) is 1.62. The van der Waals surface area contributed by atoms with Gasteiger partial charge in [-0.1, -0.05) is 12.2 Å². The summed E-state index contributed by atoms with van der Waals surface area (Å²) in [4.78, 5) is 6.31. The molecule has 1 aliphatic rings. The highest BCUT2D eigenvalue weighted by Crippen LogP contribution is 2.14. The van der Waals surface area contributed by atoms with Crippen LogP contribution in [-0.2, 0) is 0 Å². The summed E-state index contributed by atoms with van der Waals surface area (Å²) < 4.78 is 0. The van der Waals surface area contributed by atoms with E-state index >= 15 is 0 Å². The Morgan fingerprint density at radius 3 is 2.07 bits per heavy atom. The van der Waals surface area contributed by atoms with Crippen LogP contribution in [0.25, 0.3) is 0 Å². The van der Waals surface area contributed by atoms with Crippen LogP contribution < -0.4 is 11.5 Å². The molecule has 0 saturated heterocycles. The van der Waals surface area contributed by atoms with Crippen molar-refractivity contribution >= 4 is 30.8 Å². The highest BCUT2D eigenvalue weighted by atomic mass is 35.5. The van der Waals surface area contributed by atoms with Crippen molar-refractivity contribution in [3.8, 4) is 0 Å². The van der Waals surface area contributed by atoms with Crippen LogP contribution in [0.3, 0.4) is 0 Å². The number of nitrogens with zero attached hydrogens (tertiary/aromatic N) is 2. The number of rotatable bonds is 3. The van der Waals surface area contributed by atoms with Crippen LogP contribution in [0.5, 0.6) is 0 Å². The zero-order chi connectivity index (χ0) is 9.84. The van der Waals surface area contributed by atoms with E-state index in [1.807, 2.05) is 0 Å². The summed E-state index contributed by atoms with van der Waals surface area (Å²) in [5.41, 5.74) is 10.5. The molecule has 6 heteroatoms. The van der Waals surface area contributed by atoms with Crippen molar-refractivity contribution in [2.45, 2.75) is 25.9 Å². The van der Waals surface area contributed by atoms with Crippen LogP contribution in [0.15, 0.2) is 17.1 Å². The summed E-state index contributed by atoms with van der Waals surface area (Å²) in [6.45, 7) is 5.94. The monoisotopic (exact) mass is 254 g/mol. The second-order valence-electron chi connectivity index (χ2n) is 3.41. The zero-order valence-corrected chi connectivity index (χ0v) is 10.7. The Labute approximate surface area is 104 Å². The maximum atomic E-state index is 5.24. The molecule has 4 nitrogen and oxygen atoms in total. The van der Waals surface area contributed by atoms with Gasteiger partial charge in [-0.15, -0.1) is 24.8 Å². The number of hydrogen-bond donors (Lipinski definition) is 2. The largest absolute Gasteiger partial charge is 0.370 e. The minimum Gasteiger partial charge on any atom is -0.370 e. The van der Waals surface area contributed by atoms with Crippen LogP contribution in [-0.4, -0.2) is 36.0 Å². The highest BCUT2D eigenvalue weighted by molar-refractivity contribution is 5.85.